The highest BCUT2D eigenvalue weighted by Gasteiger charge is 2.18. The molecule has 0 spiro atoms. The van der Waals surface area contributed by atoms with E-state index < -0.39 is 0 Å². The fourth-order valence-corrected chi connectivity index (χ4v) is 2.86. The number of aromatic nitrogens is 2. The second-order valence-corrected chi connectivity index (χ2v) is 5.86. The highest BCUT2D eigenvalue weighted by atomic mass is 35.5. The van der Waals surface area contributed by atoms with Crippen LogP contribution in [0, 0.1) is 0 Å². The van der Waals surface area contributed by atoms with Gasteiger partial charge in [0.2, 0.25) is 0 Å². The molecule has 1 unspecified atom stereocenters. The van der Waals surface area contributed by atoms with E-state index in [1.165, 1.54) is 0 Å². The molecule has 1 heterocycles. The Labute approximate surface area is 136 Å². The third-order valence-corrected chi connectivity index (χ3v) is 4.07. The van der Waals surface area contributed by atoms with Crippen LogP contribution < -0.4 is 5.32 Å². The van der Waals surface area contributed by atoms with E-state index in [0.29, 0.717) is 10.0 Å². The molecule has 3 nitrogen and oxygen atoms in total. The van der Waals surface area contributed by atoms with Crippen molar-refractivity contribution >= 4 is 23.2 Å². The van der Waals surface area contributed by atoms with E-state index in [9.17, 15) is 0 Å². The zero-order chi connectivity index (χ0) is 15.2. The van der Waals surface area contributed by atoms with Crippen LogP contribution in [0.4, 0.5) is 0 Å². The number of benzene rings is 1. The first-order valence-electron chi connectivity index (χ1n) is 7.34. The number of hydrogen-bond donors (Lipinski definition) is 1. The first-order chi connectivity index (χ1) is 10.2. The standard InChI is InChI=1S/C16H21Cl2N3/c1-3-7-19-15(16-20-8-9-21(16)4-2)10-12-5-6-13(17)11-14(12)18/h5-6,8-9,11,15,19H,3-4,7,10H2,1-2H3. The van der Waals surface area contributed by atoms with Crippen LogP contribution in [0.5, 0.6) is 0 Å². The molecule has 0 aliphatic carbocycles. The first kappa shape index (κ1) is 16.3. The molecule has 0 amide bonds. The Morgan fingerprint density at radius 1 is 1.29 bits per heavy atom. The number of nitrogens with one attached hydrogen (secondary N) is 1. The average molecular weight is 326 g/mol. The van der Waals surface area contributed by atoms with Crippen LogP contribution in [0.25, 0.3) is 0 Å². The van der Waals surface area contributed by atoms with Crippen molar-refractivity contribution in [3.05, 3.63) is 52.0 Å². The van der Waals surface area contributed by atoms with E-state index in [-0.39, 0.29) is 6.04 Å². The quantitative estimate of drug-likeness (QED) is 0.812. The molecule has 114 valence electrons. The predicted molar refractivity (Wildman–Crippen MR) is 89.1 cm³/mol. The molecule has 0 bridgehead atoms. The summed E-state index contributed by atoms with van der Waals surface area (Å²) in [6, 6.07) is 5.82. The molecular weight excluding hydrogens is 305 g/mol. The first-order valence-corrected chi connectivity index (χ1v) is 8.09. The van der Waals surface area contributed by atoms with Crippen molar-refractivity contribution in [2.75, 3.05) is 6.54 Å². The van der Waals surface area contributed by atoms with Crippen LogP contribution in [-0.2, 0) is 13.0 Å². The van der Waals surface area contributed by atoms with E-state index in [2.05, 4.69) is 28.7 Å². The summed E-state index contributed by atoms with van der Waals surface area (Å²) in [6.45, 7) is 6.14. The monoisotopic (exact) mass is 325 g/mol. The molecule has 0 aliphatic rings. The van der Waals surface area contributed by atoms with Crippen LogP contribution in [0.3, 0.4) is 0 Å². The number of imidazole rings is 1. The summed E-state index contributed by atoms with van der Waals surface area (Å²) in [5.74, 6) is 1.05. The van der Waals surface area contributed by atoms with Gasteiger partial charge >= 0.3 is 0 Å². The van der Waals surface area contributed by atoms with E-state index in [1.54, 1.807) is 6.07 Å². The molecule has 1 atom stereocenters. The summed E-state index contributed by atoms with van der Waals surface area (Å²) in [7, 11) is 0. The van der Waals surface area contributed by atoms with Gasteiger partial charge in [-0.15, -0.1) is 0 Å². The summed E-state index contributed by atoms with van der Waals surface area (Å²) >= 11 is 12.3. The third-order valence-electron chi connectivity index (χ3n) is 3.48. The molecule has 2 rings (SSSR count). The number of nitrogens with zero attached hydrogens (tertiary/aromatic N) is 2. The van der Waals surface area contributed by atoms with Gasteiger partial charge in [-0.1, -0.05) is 36.2 Å². The van der Waals surface area contributed by atoms with Crippen LogP contribution >= 0.6 is 23.2 Å². The molecule has 0 saturated heterocycles. The highest BCUT2D eigenvalue weighted by molar-refractivity contribution is 6.35. The second-order valence-electron chi connectivity index (χ2n) is 5.02. The van der Waals surface area contributed by atoms with Crippen molar-refractivity contribution in [3.63, 3.8) is 0 Å². The minimum absolute atomic E-state index is 0.151. The molecule has 21 heavy (non-hydrogen) atoms. The van der Waals surface area contributed by atoms with Crippen molar-refractivity contribution < 1.29 is 0 Å². The van der Waals surface area contributed by atoms with E-state index in [0.717, 1.165) is 37.3 Å². The molecule has 0 saturated carbocycles. The molecule has 2 aromatic rings. The minimum Gasteiger partial charge on any atom is -0.334 e. The van der Waals surface area contributed by atoms with Crippen molar-refractivity contribution in [2.45, 2.75) is 39.3 Å². The van der Waals surface area contributed by atoms with E-state index in [1.807, 2.05) is 24.5 Å². The van der Waals surface area contributed by atoms with Gasteiger partial charge in [0.05, 0.1) is 6.04 Å². The zero-order valence-corrected chi connectivity index (χ0v) is 14.0. The molecule has 1 aromatic heterocycles. The van der Waals surface area contributed by atoms with Crippen LogP contribution in [-0.4, -0.2) is 16.1 Å². The normalized spacial score (nSPS) is 12.6. The summed E-state index contributed by atoms with van der Waals surface area (Å²) in [5.41, 5.74) is 1.08. The average Bonchev–Trinajstić information content (AvgIpc) is 2.94. The largest absolute Gasteiger partial charge is 0.334 e. The second kappa shape index (κ2) is 7.83. The summed E-state index contributed by atoms with van der Waals surface area (Å²) < 4.78 is 2.16. The molecule has 0 fully saturated rings. The zero-order valence-electron chi connectivity index (χ0n) is 12.4. The number of halogens is 2. The molecule has 5 heteroatoms. The minimum atomic E-state index is 0.151. The van der Waals surface area contributed by atoms with Crippen molar-refractivity contribution in [1.29, 1.82) is 0 Å². The number of aryl methyl sites for hydroxylation is 1. The van der Waals surface area contributed by atoms with Crippen molar-refractivity contribution in [2.24, 2.45) is 0 Å². The molecule has 0 aliphatic heterocycles. The van der Waals surface area contributed by atoms with Gasteiger partial charge in [-0.25, -0.2) is 4.98 Å². The molecule has 1 N–H and O–H groups in total. The molecule has 0 radical (unpaired) electrons. The SMILES string of the molecule is CCCNC(Cc1ccc(Cl)cc1Cl)c1nccn1CC. The summed E-state index contributed by atoms with van der Waals surface area (Å²) in [5, 5.41) is 4.93. The predicted octanol–water partition coefficient (Wildman–Crippen LogP) is 4.49. The van der Waals surface area contributed by atoms with Gasteiger partial charge in [-0.3, -0.25) is 0 Å². The van der Waals surface area contributed by atoms with Gasteiger partial charge in [0.25, 0.3) is 0 Å². The fourth-order valence-electron chi connectivity index (χ4n) is 2.38. The lowest BCUT2D eigenvalue weighted by Gasteiger charge is -2.20. The molecule has 1 aromatic carbocycles. The van der Waals surface area contributed by atoms with Crippen LogP contribution in [0.2, 0.25) is 10.0 Å². The fraction of sp³-hybridized carbons (Fsp3) is 0.438. The van der Waals surface area contributed by atoms with Gasteiger partial charge in [0.15, 0.2) is 0 Å². The smallest absolute Gasteiger partial charge is 0.126 e. The Bertz CT molecular complexity index is 581. The summed E-state index contributed by atoms with van der Waals surface area (Å²) in [6.07, 6.45) is 5.74. The Hall–Kier alpha value is -1.03. The lowest BCUT2D eigenvalue weighted by atomic mass is 10.0. The highest BCUT2D eigenvalue weighted by Crippen LogP contribution is 2.25. The van der Waals surface area contributed by atoms with E-state index in [4.69, 9.17) is 23.2 Å². The Balaban J connectivity index is 2.24. The van der Waals surface area contributed by atoms with Crippen LogP contribution in [0.15, 0.2) is 30.6 Å². The van der Waals surface area contributed by atoms with Gasteiger partial charge in [-0.05, 0) is 44.0 Å². The Morgan fingerprint density at radius 3 is 2.76 bits per heavy atom. The van der Waals surface area contributed by atoms with Gasteiger partial charge in [0, 0.05) is 29.0 Å². The van der Waals surface area contributed by atoms with Crippen molar-refractivity contribution in [3.8, 4) is 0 Å². The Morgan fingerprint density at radius 2 is 2.10 bits per heavy atom. The van der Waals surface area contributed by atoms with Crippen molar-refractivity contribution in [1.82, 2.24) is 14.9 Å². The number of hydrogen-bond acceptors (Lipinski definition) is 2. The Kier molecular flexibility index (Phi) is 6.09. The maximum absolute atomic E-state index is 6.30. The topological polar surface area (TPSA) is 29.9 Å². The maximum Gasteiger partial charge on any atom is 0.126 e. The third kappa shape index (κ3) is 4.22. The number of rotatable bonds is 7. The maximum atomic E-state index is 6.30. The van der Waals surface area contributed by atoms with E-state index >= 15 is 0 Å². The lowest BCUT2D eigenvalue weighted by Crippen LogP contribution is -2.27. The van der Waals surface area contributed by atoms with Gasteiger partial charge in [0.1, 0.15) is 5.82 Å². The lowest BCUT2D eigenvalue weighted by molar-refractivity contribution is 0.482. The van der Waals surface area contributed by atoms with Crippen LogP contribution in [0.1, 0.15) is 37.7 Å². The van der Waals surface area contributed by atoms with Gasteiger partial charge in [-0.2, -0.15) is 0 Å². The molecular formula is C16H21Cl2N3. The summed E-state index contributed by atoms with van der Waals surface area (Å²) in [4.78, 5) is 4.51. The van der Waals surface area contributed by atoms with Gasteiger partial charge < -0.3 is 9.88 Å².